The lowest BCUT2D eigenvalue weighted by Gasteiger charge is -2.06. The number of hydrogen-bond acceptors (Lipinski definition) is 6. The van der Waals surface area contributed by atoms with E-state index in [1.165, 1.54) is 36.4 Å². The van der Waals surface area contributed by atoms with Crippen LogP contribution in [0.15, 0.2) is 57.5 Å². The highest BCUT2D eigenvalue weighted by atomic mass is 19.4. The van der Waals surface area contributed by atoms with Gasteiger partial charge in [0.05, 0.1) is 5.56 Å². The van der Waals surface area contributed by atoms with Crippen LogP contribution in [-0.2, 0) is 12.6 Å². The lowest BCUT2D eigenvalue weighted by Crippen LogP contribution is -2.04. The Morgan fingerprint density at radius 1 is 0.893 bits per heavy atom. The monoisotopic (exact) mass is 390 g/mol. The van der Waals surface area contributed by atoms with Crippen LogP contribution in [0.4, 0.5) is 17.6 Å². The number of nitrogens with zero attached hydrogens (tertiary/aromatic N) is 4. The normalized spacial score (nSPS) is 11.7. The Morgan fingerprint density at radius 2 is 1.68 bits per heavy atom. The van der Waals surface area contributed by atoms with Crippen molar-refractivity contribution in [3.63, 3.8) is 0 Å². The average molecular weight is 390 g/mol. The minimum Gasteiger partial charge on any atom is -0.420 e. The van der Waals surface area contributed by atoms with E-state index in [9.17, 15) is 17.6 Å². The van der Waals surface area contributed by atoms with Crippen LogP contribution in [0.3, 0.4) is 0 Å². The van der Waals surface area contributed by atoms with Gasteiger partial charge < -0.3 is 8.94 Å². The molecule has 28 heavy (non-hydrogen) atoms. The quantitative estimate of drug-likeness (QED) is 0.476. The molecule has 0 N–H and O–H groups in total. The third kappa shape index (κ3) is 3.75. The van der Waals surface area contributed by atoms with E-state index in [0.29, 0.717) is 5.56 Å². The minimum atomic E-state index is -4.47. The smallest absolute Gasteiger partial charge is 0.416 e. The summed E-state index contributed by atoms with van der Waals surface area (Å²) in [6, 6.07) is 10.1. The van der Waals surface area contributed by atoms with Crippen LogP contribution in [0, 0.1) is 5.82 Å². The van der Waals surface area contributed by atoms with E-state index in [4.69, 9.17) is 8.94 Å². The van der Waals surface area contributed by atoms with Gasteiger partial charge in [-0.1, -0.05) is 17.3 Å². The third-order valence-corrected chi connectivity index (χ3v) is 3.78. The number of rotatable bonds is 4. The Hall–Kier alpha value is -3.56. The molecule has 0 fully saturated rings. The lowest BCUT2D eigenvalue weighted by molar-refractivity contribution is -0.137. The van der Waals surface area contributed by atoms with Crippen molar-refractivity contribution in [2.75, 3.05) is 0 Å². The fraction of sp³-hybridized carbons (Fsp3) is 0.111. The molecule has 4 aromatic rings. The summed E-state index contributed by atoms with van der Waals surface area (Å²) in [7, 11) is 0. The first kappa shape index (κ1) is 17.8. The van der Waals surface area contributed by atoms with Crippen LogP contribution >= 0.6 is 0 Å². The van der Waals surface area contributed by atoms with E-state index < -0.39 is 17.6 Å². The summed E-state index contributed by atoms with van der Waals surface area (Å²) < 4.78 is 62.0. The van der Waals surface area contributed by atoms with Crippen molar-refractivity contribution in [3.8, 4) is 22.8 Å². The largest absolute Gasteiger partial charge is 0.420 e. The van der Waals surface area contributed by atoms with Crippen molar-refractivity contribution in [2.45, 2.75) is 12.6 Å². The summed E-state index contributed by atoms with van der Waals surface area (Å²) in [6.07, 6.45) is -4.47. The van der Waals surface area contributed by atoms with Gasteiger partial charge in [-0.05, 0) is 36.4 Å². The molecule has 0 spiro atoms. The van der Waals surface area contributed by atoms with Crippen LogP contribution in [-0.4, -0.2) is 20.3 Å². The molecule has 2 heterocycles. The maximum absolute atomic E-state index is 13.0. The fourth-order valence-corrected chi connectivity index (χ4v) is 2.44. The van der Waals surface area contributed by atoms with Crippen LogP contribution < -0.4 is 0 Å². The molecule has 4 rings (SSSR count). The molecule has 0 aliphatic heterocycles. The molecule has 0 aliphatic carbocycles. The van der Waals surface area contributed by atoms with Gasteiger partial charge >= 0.3 is 6.18 Å². The molecule has 0 radical (unpaired) electrons. The van der Waals surface area contributed by atoms with Gasteiger partial charge in [-0.15, -0.1) is 10.2 Å². The molecule has 0 saturated carbocycles. The molecule has 2 aromatic heterocycles. The van der Waals surface area contributed by atoms with Gasteiger partial charge in [0.25, 0.3) is 0 Å². The van der Waals surface area contributed by atoms with Crippen molar-refractivity contribution in [2.24, 2.45) is 0 Å². The molecule has 0 atom stereocenters. The second-order valence-electron chi connectivity index (χ2n) is 5.77. The van der Waals surface area contributed by atoms with Gasteiger partial charge in [0.2, 0.25) is 23.5 Å². The molecule has 0 aliphatic rings. The number of alkyl halides is 3. The lowest BCUT2D eigenvalue weighted by atomic mass is 10.1. The Morgan fingerprint density at radius 3 is 2.43 bits per heavy atom. The van der Waals surface area contributed by atoms with Crippen molar-refractivity contribution in [3.05, 3.63) is 71.7 Å². The summed E-state index contributed by atoms with van der Waals surface area (Å²) in [5.74, 6) is 0.0729. The zero-order chi connectivity index (χ0) is 19.7. The third-order valence-electron chi connectivity index (χ3n) is 3.78. The zero-order valence-electron chi connectivity index (χ0n) is 13.9. The van der Waals surface area contributed by atoms with E-state index in [2.05, 4.69) is 20.3 Å². The molecule has 0 saturated heterocycles. The number of hydrogen-bond donors (Lipinski definition) is 0. The molecule has 142 valence electrons. The number of aromatic nitrogens is 4. The molecule has 2 aromatic carbocycles. The summed E-state index contributed by atoms with van der Waals surface area (Å²) >= 11 is 0. The van der Waals surface area contributed by atoms with Crippen LogP contribution in [0.1, 0.15) is 17.3 Å². The summed E-state index contributed by atoms with van der Waals surface area (Å²) in [5, 5.41) is 11.4. The van der Waals surface area contributed by atoms with Crippen molar-refractivity contribution < 1.29 is 26.5 Å². The maximum atomic E-state index is 13.0. The van der Waals surface area contributed by atoms with Crippen LogP contribution in [0.25, 0.3) is 22.8 Å². The molecular weight excluding hydrogens is 380 g/mol. The Bertz CT molecular complexity index is 1100. The second kappa shape index (κ2) is 6.87. The van der Waals surface area contributed by atoms with Gasteiger partial charge in [-0.25, -0.2) is 4.39 Å². The average Bonchev–Trinajstić information content (AvgIpc) is 3.32. The first-order chi connectivity index (χ1) is 13.4. The molecular formula is C18H10F4N4O2. The van der Waals surface area contributed by atoms with E-state index >= 15 is 0 Å². The van der Waals surface area contributed by atoms with Gasteiger partial charge in [0, 0.05) is 11.1 Å². The summed E-state index contributed by atoms with van der Waals surface area (Å²) in [6.45, 7) is 0. The highest BCUT2D eigenvalue weighted by molar-refractivity contribution is 5.56. The van der Waals surface area contributed by atoms with Crippen molar-refractivity contribution in [1.82, 2.24) is 20.3 Å². The minimum absolute atomic E-state index is 0.000155. The molecule has 0 amide bonds. The highest BCUT2D eigenvalue weighted by Gasteiger charge is 2.30. The first-order valence-electron chi connectivity index (χ1n) is 7.97. The van der Waals surface area contributed by atoms with E-state index in [1.807, 2.05) is 0 Å². The van der Waals surface area contributed by atoms with Crippen LogP contribution in [0.5, 0.6) is 0 Å². The van der Waals surface area contributed by atoms with E-state index in [-0.39, 0.29) is 35.5 Å². The van der Waals surface area contributed by atoms with Gasteiger partial charge in [-0.2, -0.15) is 18.2 Å². The maximum Gasteiger partial charge on any atom is 0.416 e. The Balaban J connectivity index is 1.52. The standard InChI is InChI=1S/C18H10F4N4O2/c19-13-6-4-10(5-7-13)17-25-24-15(27-17)9-14-23-16(26-28-14)11-2-1-3-12(8-11)18(20,21)22/h1-8H,9H2. The van der Waals surface area contributed by atoms with Gasteiger partial charge in [0.15, 0.2) is 0 Å². The topological polar surface area (TPSA) is 77.8 Å². The van der Waals surface area contributed by atoms with E-state index in [1.54, 1.807) is 0 Å². The Kier molecular flexibility index (Phi) is 4.38. The summed E-state index contributed by atoms with van der Waals surface area (Å²) in [5.41, 5.74) is -0.102. The predicted molar refractivity (Wildman–Crippen MR) is 87.2 cm³/mol. The molecule has 0 bridgehead atoms. The number of halogens is 4. The van der Waals surface area contributed by atoms with Gasteiger partial charge in [-0.3, -0.25) is 0 Å². The fourth-order valence-electron chi connectivity index (χ4n) is 2.44. The van der Waals surface area contributed by atoms with Crippen molar-refractivity contribution in [1.29, 1.82) is 0 Å². The summed E-state index contributed by atoms with van der Waals surface area (Å²) in [4.78, 5) is 4.07. The van der Waals surface area contributed by atoms with Gasteiger partial charge in [0.1, 0.15) is 12.2 Å². The molecule has 0 unspecified atom stereocenters. The van der Waals surface area contributed by atoms with Crippen molar-refractivity contribution >= 4 is 0 Å². The van der Waals surface area contributed by atoms with E-state index in [0.717, 1.165) is 12.1 Å². The molecule has 10 heteroatoms. The SMILES string of the molecule is Fc1ccc(-c2nnc(Cc3nc(-c4cccc(C(F)(F)F)c4)no3)o2)cc1. The number of benzene rings is 2. The highest BCUT2D eigenvalue weighted by Crippen LogP contribution is 2.31. The Labute approximate surface area is 154 Å². The molecule has 6 nitrogen and oxygen atoms in total. The predicted octanol–water partition coefficient (Wildman–Crippen LogP) is 4.54. The first-order valence-corrected chi connectivity index (χ1v) is 7.97. The second-order valence-corrected chi connectivity index (χ2v) is 5.77. The zero-order valence-corrected chi connectivity index (χ0v) is 13.9. The van der Waals surface area contributed by atoms with Crippen LogP contribution in [0.2, 0.25) is 0 Å².